The fourth-order valence-electron chi connectivity index (χ4n) is 3.38. The predicted molar refractivity (Wildman–Crippen MR) is 107 cm³/mol. The summed E-state index contributed by atoms with van der Waals surface area (Å²) in [5, 5.41) is 12.9. The Morgan fingerprint density at radius 3 is 2.72 bits per heavy atom. The molecule has 156 valence electrons. The van der Waals surface area contributed by atoms with Crippen molar-refractivity contribution >= 4 is 6.09 Å². The molecule has 0 saturated carbocycles. The quantitative estimate of drug-likeness (QED) is 0.745. The number of carbonyl (C=O) groups excluding carboxylic acids is 1. The molecule has 0 unspecified atom stereocenters. The number of halogens is 1. The number of ether oxygens (including phenoxy) is 2. The Morgan fingerprint density at radius 2 is 2.00 bits per heavy atom. The van der Waals surface area contributed by atoms with Gasteiger partial charge in [0.2, 0.25) is 0 Å². The molecule has 3 rings (SSSR count). The van der Waals surface area contributed by atoms with Crippen molar-refractivity contribution < 1.29 is 23.8 Å². The molecule has 29 heavy (non-hydrogen) atoms. The Bertz CT molecular complexity index is 789. The highest BCUT2D eigenvalue weighted by molar-refractivity contribution is 5.67. The third-order valence-electron chi connectivity index (χ3n) is 5.04. The van der Waals surface area contributed by atoms with E-state index < -0.39 is 6.04 Å². The van der Waals surface area contributed by atoms with E-state index in [4.69, 9.17) is 9.47 Å². The number of amides is 1. The molecule has 1 fully saturated rings. The number of rotatable bonds is 7. The zero-order valence-electron chi connectivity index (χ0n) is 16.5. The second kappa shape index (κ2) is 10.3. The first-order chi connectivity index (χ1) is 14.1. The standard InChI is InChI=1S/C22H27FN2O4/c1-16(24-20(14-26)18-9-5-6-10-19(18)23)21-13-25(11-12-28-21)22(27)29-15-17-7-3-2-4-8-17/h2-10,16,20-21,24,26H,11-15H2,1H3/t16-,20+,21-/m0/s1. The molecule has 7 heteroatoms. The van der Waals surface area contributed by atoms with Crippen molar-refractivity contribution in [2.75, 3.05) is 26.3 Å². The van der Waals surface area contributed by atoms with Crippen LogP contribution >= 0.6 is 0 Å². The molecule has 0 aromatic heterocycles. The number of hydrogen-bond acceptors (Lipinski definition) is 5. The minimum Gasteiger partial charge on any atom is -0.445 e. The van der Waals surface area contributed by atoms with E-state index in [0.29, 0.717) is 25.3 Å². The van der Waals surface area contributed by atoms with Crippen molar-refractivity contribution in [1.82, 2.24) is 10.2 Å². The molecule has 2 N–H and O–H groups in total. The Hall–Kier alpha value is -2.48. The summed E-state index contributed by atoms with van der Waals surface area (Å²) in [7, 11) is 0. The maximum absolute atomic E-state index is 14.1. The lowest BCUT2D eigenvalue weighted by Gasteiger charge is -2.36. The van der Waals surface area contributed by atoms with Crippen LogP contribution < -0.4 is 5.32 Å². The van der Waals surface area contributed by atoms with Crippen molar-refractivity contribution in [2.45, 2.75) is 31.7 Å². The average Bonchev–Trinajstić information content (AvgIpc) is 2.77. The summed E-state index contributed by atoms with van der Waals surface area (Å²) < 4.78 is 25.3. The van der Waals surface area contributed by atoms with Crippen LogP contribution in [0.4, 0.5) is 9.18 Å². The molecule has 2 aromatic rings. The zero-order valence-corrected chi connectivity index (χ0v) is 16.5. The zero-order chi connectivity index (χ0) is 20.6. The number of morpholine rings is 1. The summed E-state index contributed by atoms with van der Waals surface area (Å²) >= 11 is 0. The van der Waals surface area contributed by atoms with Crippen LogP contribution in [0.3, 0.4) is 0 Å². The summed E-state index contributed by atoms with van der Waals surface area (Å²) in [6, 6.07) is 15.1. The molecule has 2 aromatic carbocycles. The van der Waals surface area contributed by atoms with Crippen molar-refractivity contribution in [2.24, 2.45) is 0 Å². The lowest BCUT2D eigenvalue weighted by atomic mass is 10.0. The van der Waals surface area contributed by atoms with Gasteiger partial charge in [-0.1, -0.05) is 48.5 Å². The summed E-state index contributed by atoms with van der Waals surface area (Å²) in [5.74, 6) is -0.373. The van der Waals surface area contributed by atoms with Crippen LogP contribution in [0, 0.1) is 5.82 Å². The largest absolute Gasteiger partial charge is 0.445 e. The van der Waals surface area contributed by atoms with Gasteiger partial charge in [-0.05, 0) is 18.6 Å². The van der Waals surface area contributed by atoms with Gasteiger partial charge in [-0.15, -0.1) is 0 Å². The third-order valence-corrected chi connectivity index (χ3v) is 5.04. The number of hydrogen-bond donors (Lipinski definition) is 2. The second-order valence-electron chi connectivity index (χ2n) is 7.11. The van der Waals surface area contributed by atoms with Crippen LogP contribution in [-0.4, -0.2) is 54.5 Å². The number of nitrogens with one attached hydrogen (secondary N) is 1. The Balaban J connectivity index is 1.55. The number of benzene rings is 2. The van der Waals surface area contributed by atoms with Crippen molar-refractivity contribution in [3.05, 3.63) is 71.5 Å². The molecule has 0 bridgehead atoms. The van der Waals surface area contributed by atoms with E-state index in [1.54, 1.807) is 23.1 Å². The molecule has 6 nitrogen and oxygen atoms in total. The highest BCUT2D eigenvalue weighted by Gasteiger charge is 2.30. The molecule has 3 atom stereocenters. The van der Waals surface area contributed by atoms with Gasteiger partial charge in [0.05, 0.1) is 31.9 Å². The minimum atomic E-state index is -0.560. The van der Waals surface area contributed by atoms with Gasteiger partial charge in [-0.3, -0.25) is 0 Å². The SMILES string of the molecule is C[C@H](N[C@H](CO)c1ccccc1F)[C@@H]1CN(C(=O)OCc2ccccc2)CCO1. The first kappa shape index (κ1) is 21.2. The predicted octanol–water partition coefficient (Wildman–Crippen LogP) is 2.87. The highest BCUT2D eigenvalue weighted by Crippen LogP contribution is 2.19. The fourth-order valence-corrected chi connectivity index (χ4v) is 3.38. The van der Waals surface area contributed by atoms with Crippen LogP contribution in [0.1, 0.15) is 24.1 Å². The molecule has 1 saturated heterocycles. The van der Waals surface area contributed by atoms with Crippen LogP contribution in [0.2, 0.25) is 0 Å². The number of aliphatic hydroxyl groups excluding tert-OH is 1. The average molecular weight is 402 g/mol. The highest BCUT2D eigenvalue weighted by atomic mass is 19.1. The molecule has 1 aliphatic rings. The number of aliphatic hydroxyl groups is 1. The van der Waals surface area contributed by atoms with E-state index >= 15 is 0 Å². The van der Waals surface area contributed by atoms with Crippen molar-refractivity contribution in [3.8, 4) is 0 Å². The summed E-state index contributed by atoms with van der Waals surface area (Å²) in [6.45, 7) is 3.06. The van der Waals surface area contributed by atoms with E-state index in [-0.39, 0.29) is 37.3 Å². The van der Waals surface area contributed by atoms with E-state index in [0.717, 1.165) is 5.56 Å². The molecular weight excluding hydrogens is 375 g/mol. The van der Waals surface area contributed by atoms with Gasteiger partial charge in [-0.2, -0.15) is 0 Å². The van der Waals surface area contributed by atoms with Crippen LogP contribution in [0.5, 0.6) is 0 Å². The monoisotopic (exact) mass is 402 g/mol. The fraction of sp³-hybridized carbons (Fsp3) is 0.409. The maximum atomic E-state index is 14.1. The van der Waals surface area contributed by atoms with Crippen LogP contribution in [0.25, 0.3) is 0 Å². The summed E-state index contributed by atoms with van der Waals surface area (Å²) in [4.78, 5) is 14.0. The molecule has 1 heterocycles. The van der Waals surface area contributed by atoms with Crippen molar-refractivity contribution in [1.29, 1.82) is 0 Å². The normalized spacial score (nSPS) is 18.9. The topological polar surface area (TPSA) is 71.0 Å². The molecule has 0 spiro atoms. The van der Waals surface area contributed by atoms with Gasteiger partial charge < -0.3 is 24.8 Å². The lowest BCUT2D eigenvalue weighted by Crippen LogP contribution is -2.53. The van der Waals surface area contributed by atoms with Gasteiger partial charge in [-0.25, -0.2) is 9.18 Å². The Labute approximate surface area is 170 Å². The molecular formula is C22H27FN2O4. The first-order valence-corrected chi connectivity index (χ1v) is 9.77. The third kappa shape index (κ3) is 5.76. The second-order valence-corrected chi connectivity index (χ2v) is 7.11. The number of carbonyl (C=O) groups is 1. The summed E-state index contributed by atoms with van der Waals surface area (Å²) in [6.07, 6.45) is -0.684. The number of nitrogens with zero attached hydrogens (tertiary/aromatic N) is 1. The molecule has 0 aliphatic carbocycles. The van der Waals surface area contributed by atoms with E-state index in [1.165, 1.54) is 6.07 Å². The van der Waals surface area contributed by atoms with Crippen molar-refractivity contribution in [3.63, 3.8) is 0 Å². The van der Waals surface area contributed by atoms with E-state index in [9.17, 15) is 14.3 Å². The van der Waals surface area contributed by atoms with Crippen LogP contribution in [-0.2, 0) is 16.1 Å². The molecule has 0 radical (unpaired) electrons. The smallest absolute Gasteiger partial charge is 0.410 e. The minimum absolute atomic E-state index is 0.212. The summed E-state index contributed by atoms with van der Waals surface area (Å²) in [5.41, 5.74) is 1.33. The van der Waals surface area contributed by atoms with Crippen LogP contribution in [0.15, 0.2) is 54.6 Å². The first-order valence-electron chi connectivity index (χ1n) is 9.77. The molecule has 1 aliphatic heterocycles. The maximum Gasteiger partial charge on any atom is 0.410 e. The van der Waals surface area contributed by atoms with Gasteiger partial charge in [0.1, 0.15) is 12.4 Å². The Kier molecular flexibility index (Phi) is 7.57. The van der Waals surface area contributed by atoms with Gasteiger partial charge in [0, 0.05) is 18.2 Å². The van der Waals surface area contributed by atoms with Gasteiger partial charge >= 0.3 is 6.09 Å². The Morgan fingerprint density at radius 1 is 1.28 bits per heavy atom. The van der Waals surface area contributed by atoms with Gasteiger partial charge in [0.25, 0.3) is 0 Å². The van der Waals surface area contributed by atoms with Gasteiger partial charge in [0.15, 0.2) is 0 Å². The van der Waals surface area contributed by atoms with E-state index in [2.05, 4.69) is 5.32 Å². The molecule has 1 amide bonds. The van der Waals surface area contributed by atoms with E-state index in [1.807, 2.05) is 37.3 Å². The lowest BCUT2D eigenvalue weighted by molar-refractivity contribution is -0.0442.